The smallest absolute Gasteiger partial charge is 0.201 e. The second-order valence-corrected chi connectivity index (χ2v) is 8.95. The average molecular weight is 482 g/mol. The van der Waals surface area contributed by atoms with Gasteiger partial charge >= 0.3 is 0 Å². The number of nitrogens with zero attached hydrogens (tertiary/aromatic N) is 9. The number of likely N-dealkylation sites (tertiary alicyclic amines) is 1. The van der Waals surface area contributed by atoms with Crippen LogP contribution in [0.15, 0.2) is 36.7 Å². The van der Waals surface area contributed by atoms with E-state index in [1.54, 1.807) is 15.5 Å². The van der Waals surface area contributed by atoms with E-state index in [4.69, 9.17) is 14.7 Å². The number of nitriles is 2. The second kappa shape index (κ2) is 8.86. The van der Waals surface area contributed by atoms with Gasteiger partial charge in [-0.1, -0.05) is 5.21 Å². The number of ether oxygens (including phenoxy) is 2. The van der Waals surface area contributed by atoms with Gasteiger partial charge in [-0.05, 0) is 38.0 Å². The number of aromatic nitrogens is 6. The molecule has 11 heteroatoms. The van der Waals surface area contributed by atoms with Gasteiger partial charge in [0.05, 0.1) is 24.5 Å². The van der Waals surface area contributed by atoms with E-state index in [0.717, 1.165) is 35.5 Å². The van der Waals surface area contributed by atoms with E-state index in [0.29, 0.717) is 49.1 Å². The molecule has 36 heavy (non-hydrogen) atoms. The topological polar surface area (TPSA) is 130 Å². The van der Waals surface area contributed by atoms with E-state index in [9.17, 15) is 5.26 Å². The van der Waals surface area contributed by atoms with Crippen molar-refractivity contribution in [3.8, 4) is 35.1 Å². The summed E-state index contributed by atoms with van der Waals surface area (Å²) in [5.41, 5.74) is 4.17. The van der Waals surface area contributed by atoms with Crippen molar-refractivity contribution in [1.29, 1.82) is 10.5 Å². The van der Waals surface area contributed by atoms with Crippen molar-refractivity contribution < 1.29 is 9.47 Å². The Morgan fingerprint density at radius 3 is 2.81 bits per heavy atom. The summed E-state index contributed by atoms with van der Waals surface area (Å²) in [5.74, 6) is 1.19. The Hall–Kier alpha value is -4.64. The molecular weight excluding hydrogens is 458 g/mol. The van der Waals surface area contributed by atoms with E-state index in [1.807, 2.05) is 35.9 Å². The molecule has 0 saturated carbocycles. The summed E-state index contributed by atoms with van der Waals surface area (Å²) in [6.07, 6.45) is 7.45. The molecule has 1 fully saturated rings. The molecule has 0 N–H and O–H groups in total. The Bertz CT molecular complexity index is 1520. The van der Waals surface area contributed by atoms with Gasteiger partial charge in [-0.15, -0.1) is 5.10 Å². The summed E-state index contributed by atoms with van der Waals surface area (Å²) in [5, 5.41) is 27.8. The highest BCUT2D eigenvalue weighted by molar-refractivity contribution is 5.68. The number of pyridine rings is 2. The van der Waals surface area contributed by atoms with Gasteiger partial charge in [0.1, 0.15) is 40.7 Å². The van der Waals surface area contributed by atoms with Crippen LogP contribution in [0.3, 0.4) is 0 Å². The predicted molar refractivity (Wildman–Crippen MR) is 127 cm³/mol. The maximum atomic E-state index is 9.68. The minimum atomic E-state index is -0.329. The molecule has 6 heterocycles. The number of piperidine rings is 1. The van der Waals surface area contributed by atoms with Crippen LogP contribution >= 0.6 is 0 Å². The van der Waals surface area contributed by atoms with Crippen LogP contribution in [0.1, 0.15) is 48.5 Å². The van der Waals surface area contributed by atoms with Crippen molar-refractivity contribution in [2.24, 2.45) is 0 Å². The molecule has 0 bridgehead atoms. The minimum absolute atomic E-state index is 0.191. The first-order valence-electron chi connectivity index (χ1n) is 11.9. The number of fused-ring (bicyclic) bond motifs is 2. The van der Waals surface area contributed by atoms with Crippen molar-refractivity contribution in [3.05, 3.63) is 53.7 Å². The van der Waals surface area contributed by atoms with Gasteiger partial charge in [0, 0.05) is 37.3 Å². The van der Waals surface area contributed by atoms with Gasteiger partial charge in [-0.2, -0.15) is 10.5 Å². The molecule has 180 valence electrons. The van der Waals surface area contributed by atoms with E-state index < -0.39 is 0 Å². The fourth-order valence-electron chi connectivity index (χ4n) is 4.98. The van der Waals surface area contributed by atoms with Crippen molar-refractivity contribution >= 4 is 5.65 Å². The highest BCUT2D eigenvalue weighted by Gasteiger charge is 2.27. The van der Waals surface area contributed by atoms with E-state index in [2.05, 4.69) is 32.5 Å². The normalized spacial score (nSPS) is 17.8. The molecule has 11 nitrogen and oxygen atoms in total. The highest BCUT2D eigenvalue weighted by Crippen LogP contribution is 2.36. The molecule has 0 aromatic carbocycles. The van der Waals surface area contributed by atoms with E-state index in [1.165, 1.54) is 6.20 Å². The predicted octanol–water partition coefficient (Wildman–Crippen LogP) is 3.19. The Kier molecular flexibility index (Phi) is 5.38. The molecule has 0 aliphatic carbocycles. The summed E-state index contributed by atoms with van der Waals surface area (Å²) >= 11 is 0. The first-order chi connectivity index (χ1) is 17.7. The molecule has 4 aromatic rings. The molecule has 1 atom stereocenters. The number of imidazole rings is 1. The van der Waals surface area contributed by atoms with Crippen molar-refractivity contribution in [2.45, 2.75) is 38.3 Å². The van der Waals surface area contributed by atoms with E-state index >= 15 is 0 Å². The first kappa shape index (κ1) is 21.9. The van der Waals surface area contributed by atoms with Crippen LogP contribution in [0.2, 0.25) is 0 Å². The Morgan fingerprint density at radius 1 is 1.14 bits per heavy atom. The Morgan fingerprint density at radius 2 is 2.00 bits per heavy atom. The third-order valence-corrected chi connectivity index (χ3v) is 6.85. The molecule has 4 aromatic heterocycles. The summed E-state index contributed by atoms with van der Waals surface area (Å²) in [6.45, 7) is 3.94. The molecule has 0 spiro atoms. The van der Waals surface area contributed by atoms with Crippen LogP contribution in [0, 0.1) is 29.7 Å². The van der Waals surface area contributed by atoms with Gasteiger partial charge in [0.15, 0.2) is 6.19 Å². The molecule has 1 unspecified atom stereocenters. The van der Waals surface area contributed by atoms with Gasteiger partial charge in [-0.25, -0.2) is 9.67 Å². The zero-order valence-electron chi connectivity index (χ0n) is 19.7. The van der Waals surface area contributed by atoms with Crippen LogP contribution in [0.5, 0.6) is 11.6 Å². The molecule has 0 amide bonds. The maximum absolute atomic E-state index is 9.68. The standard InChI is InChI=1S/C25H23N9O2/c1-16-24(30-31-34(16)18-4-8-32(15-27)9-5-18)17-11-22-29-14-19(13-26)33(22)23(12-17)36-21-6-10-35-20-3-2-7-28-25(20)21/h2-3,7,11-12,14,18,21H,4-6,8-10H2,1H3. The zero-order valence-corrected chi connectivity index (χ0v) is 19.7. The average Bonchev–Trinajstić information content (AvgIpc) is 3.52. The first-order valence-corrected chi connectivity index (χ1v) is 11.9. The summed E-state index contributed by atoms with van der Waals surface area (Å²) in [4.78, 5) is 10.7. The lowest BCUT2D eigenvalue weighted by Gasteiger charge is -2.28. The van der Waals surface area contributed by atoms with Gasteiger partial charge < -0.3 is 14.4 Å². The van der Waals surface area contributed by atoms with Gasteiger partial charge in [0.2, 0.25) is 5.88 Å². The summed E-state index contributed by atoms with van der Waals surface area (Å²) in [7, 11) is 0. The third-order valence-electron chi connectivity index (χ3n) is 6.85. The van der Waals surface area contributed by atoms with Crippen LogP contribution in [-0.4, -0.2) is 54.0 Å². The molecule has 0 radical (unpaired) electrons. The van der Waals surface area contributed by atoms with Crippen LogP contribution in [-0.2, 0) is 0 Å². The Balaban J connectivity index is 1.39. The Labute approximate surface area is 207 Å². The third kappa shape index (κ3) is 3.66. The van der Waals surface area contributed by atoms with Crippen molar-refractivity contribution in [1.82, 2.24) is 34.3 Å². The van der Waals surface area contributed by atoms with Crippen LogP contribution in [0.4, 0.5) is 0 Å². The molecule has 2 aliphatic rings. The zero-order chi connectivity index (χ0) is 24.6. The lowest BCUT2D eigenvalue weighted by molar-refractivity contribution is 0.125. The molecule has 6 rings (SSSR count). The fourth-order valence-corrected chi connectivity index (χ4v) is 4.98. The highest BCUT2D eigenvalue weighted by atomic mass is 16.5. The quantitative estimate of drug-likeness (QED) is 0.403. The van der Waals surface area contributed by atoms with Crippen LogP contribution in [0.25, 0.3) is 16.9 Å². The number of hydrogen-bond acceptors (Lipinski definition) is 9. The minimum Gasteiger partial charge on any atom is -0.491 e. The van der Waals surface area contributed by atoms with Crippen molar-refractivity contribution in [3.63, 3.8) is 0 Å². The summed E-state index contributed by atoms with van der Waals surface area (Å²) < 4.78 is 15.9. The summed E-state index contributed by atoms with van der Waals surface area (Å²) in [6, 6.07) is 9.87. The second-order valence-electron chi connectivity index (χ2n) is 8.95. The number of hydrogen-bond donors (Lipinski definition) is 0. The van der Waals surface area contributed by atoms with Crippen molar-refractivity contribution in [2.75, 3.05) is 19.7 Å². The molecule has 2 aliphatic heterocycles. The molecular formula is C25H23N9O2. The fraction of sp³-hybridized carbons (Fsp3) is 0.360. The molecule has 1 saturated heterocycles. The van der Waals surface area contributed by atoms with Crippen LogP contribution < -0.4 is 9.47 Å². The number of rotatable bonds is 4. The maximum Gasteiger partial charge on any atom is 0.201 e. The van der Waals surface area contributed by atoms with E-state index in [-0.39, 0.29) is 12.1 Å². The monoisotopic (exact) mass is 481 g/mol. The lowest BCUT2D eigenvalue weighted by atomic mass is 10.0. The lowest BCUT2D eigenvalue weighted by Crippen LogP contribution is -2.31. The van der Waals surface area contributed by atoms with Gasteiger partial charge in [-0.3, -0.25) is 9.38 Å². The van der Waals surface area contributed by atoms with Gasteiger partial charge in [0.25, 0.3) is 0 Å². The largest absolute Gasteiger partial charge is 0.491 e. The SMILES string of the molecule is Cc1c(-c2cc(OC3CCOc4cccnc43)n3c(C#N)cnc3c2)nnn1C1CCN(C#N)CC1.